The third-order valence-corrected chi connectivity index (χ3v) is 6.32. The molecule has 1 saturated carbocycles. The van der Waals surface area contributed by atoms with Gasteiger partial charge in [0.05, 0.1) is 12.0 Å². The van der Waals surface area contributed by atoms with Crippen molar-refractivity contribution in [2.75, 3.05) is 7.11 Å². The van der Waals surface area contributed by atoms with E-state index in [1.165, 1.54) is 7.11 Å². The van der Waals surface area contributed by atoms with Crippen LogP contribution in [0.3, 0.4) is 0 Å². The average molecular weight is 396 g/mol. The first-order chi connectivity index (χ1) is 13.1. The lowest BCUT2D eigenvalue weighted by molar-refractivity contribution is -0.199. The minimum Gasteiger partial charge on any atom is -0.455 e. The second-order valence-electron chi connectivity index (χ2n) is 8.15. The van der Waals surface area contributed by atoms with E-state index in [0.717, 1.165) is 0 Å². The lowest BCUT2D eigenvalue weighted by atomic mass is 9.76. The molecular formula is C21H32O7. The highest BCUT2D eigenvalue weighted by Crippen LogP contribution is 2.45. The number of hydrogen-bond acceptors (Lipinski definition) is 7. The first-order valence-corrected chi connectivity index (χ1v) is 9.96. The van der Waals surface area contributed by atoms with Crippen molar-refractivity contribution < 1.29 is 33.7 Å². The van der Waals surface area contributed by atoms with Crippen molar-refractivity contribution >= 4 is 17.7 Å². The minimum absolute atomic E-state index is 0.0407. The summed E-state index contributed by atoms with van der Waals surface area (Å²) in [6.07, 6.45) is -1.12. The monoisotopic (exact) mass is 396 g/mol. The maximum absolute atomic E-state index is 13.2. The molecular weight excluding hydrogens is 364 g/mol. The summed E-state index contributed by atoms with van der Waals surface area (Å²) in [5.74, 6) is -2.88. The number of ketones is 1. The molecule has 28 heavy (non-hydrogen) atoms. The molecule has 0 bridgehead atoms. The van der Waals surface area contributed by atoms with Crippen LogP contribution in [-0.2, 0) is 28.6 Å². The molecule has 7 nitrogen and oxygen atoms in total. The van der Waals surface area contributed by atoms with Crippen molar-refractivity contribution in [3.63, 3.8) is 0 Å². The first-order valence-electron chi connectivity index (χ1n) is 9.96. The standard InChI is InChI=1S/C21H32O7/c1-7-11(2)19(23)28-18-17-15(14(5)20(24)27-17)9-8-12(3)21(18,25)16(22)10-13(4)26-6/h11-13,15,17-18,25H,5,7-10H2,1-4,6H3/t11?,12-,13?,15+,17+,18-,21+/m0/s1. The molecule has 0 aromatic carbocycles. The highest BCUT2D eigenvalue weighted by atomic mass is 16.6. The molecule has 1 N–H and O–H groups in total. The normalized spacial score (nSPS) is 34.8. The molecule has 1 aliphatic carbocycles. The molecule has 2 aliphatic rings. The van der Waals surface area contributed by atoms with Crippen LogP contribution in [0, 0.1) is 17.8 Å². The summed E-state index contributed by atoms with van der Waals surface area (Å²) in [5.41, 5.74) is -1.68. The minimum atomic E-state index is -1.97. The second-order valence-corrected chi connectivity index (χ2v) is 8.15. The number of ether oxygens (including phenoxy) is 3. The number of carbonyl (C=O) groups excluding carboxylic acids is 3. The van der Waals surface area contributed by atoms with Gasteiger partial charge in [-0.3, -0.25) is 9.59 Å². The second kappa shape index (κ2) is 8.74. The lowest BCUT2D eigenvalue weighted by Crippen LogP contribution is -2.60. The Hall–Kier alpha value is -1.73. The summed E-state index contributed by atoms with van der Waals surface area (Å²) < 4.78 is 16.3. The number of Topliss-reactive ketones (excluding diaryl/α,β-unsaturated/α-hetero) is 1. The van der Waals surface area contributed by atoms with Crippen LogP contribution in [0.5, 0.6) is 0 Å². The lowest BCUT2D eigenvalue weighted by Gasteiger charge is -2.40. The molecule has 1 heterocycles. The third-order valence-electron chi connectivity index (χ3n) is 6.32. The van der Waals surface area contributed by atoms with Gasteiger partial charge >= 0.3 is 11.9 Å². The van der Waals surface area contributed by atoms with Crippen molar-refractivity contribution in [2.45, 2.75) is 77.3 Å². The average Bonchev–Trinajstić information content (AvgIpc) is 2.90. The van der Waals surface area contributed by atoms with Crippen LogP contribution in [0.4, 0.5) is 0 Å². The predicted octanol–water partition coefficient (Wildman–Crippen LogP) is 2.20. The topological polar surface area (TPSA) is 99.1 Å². The van der Waals surface area contributed by atoms with Gasteiger partial charge in [-0.2, -0.15) is 0 Å². The summed E-state index contributed by atoms with van der Waals surface area (Å²) in [6, 6.07) is 0. The highest BCUT2D eigenvalue weighted by molar-refractivity contribution is 5.92. The first kappa shape index (κ1) is 22.6. The Kier molecular flexibility index (Phi) is 7.04. The van der Waals surface area contributed by atoms with E-state index in [4.69, 9.17) is 14.2 Å². The molecule has 2 fully saturated rings. The van der Waals surface area contributed by atoms with E-state index in [0.29, 0.717) is 24.8 Å². The van der Waals surface area contributed by atoms with Gasteiger partial charge in [-0.05, 0) is 32.1 Å². The number of esters is 2. The zero-order valence-electron chi connectivity index (χ0n) is 17.4. The Bertz CT molecular complexity index is 643. The summed E-state index contributed by atoms with van der Waals surface area (Å²) in [4.78, 5) is 37.8. The third kappa shape index (κ3) is 4.01. The molecule has 0 radical (unpaired) electrons. The van der Waals surface area contributed by atoms with Gasteiger partial charge in [0.2, 0.25) is 0 Å². The number of rotatable bonds is 7. The SMILES string of the molecule is C=C1C(=O)O[C@@H]2[C@@H]1CC[C@H](C)[C@@](O)(C(=O)CC(C)OC)[C@H]2OC(=O)C(C)CC. The molecule has 2 unspecified atom stereocenters. The van der Waals surface area contributed by atoms with Gasteiger partial charge in [-0.25, -0.2) is 4.79 Å². The van der Waals surface area contributed by atoms with Gasteiger partial charge < -0.3 is 19.3 Å². The van der Waals surface area contributed by atoms with E-state index in [9.17, 15) is 19.5 Å². The Morgan fingerprint density at radius 2 is 2.00 bits per heavy atom. The van der Waals surface area contributed by atoms with Gasteiger partial charge in [-0.15, -0.1) is 0 Å². The molecule has 0 spiro atoms. The van der Waals surface area contributed by atoms with E-state index in [2.05, 4.69) is 6.58 Å². The van der Waals surface area contributed by atoms with E-state index >= 15 is 0 Å². The van der Waals surface area contributed by atoms with Gasteiger partial charge in [0, 0.05) is 25.0 Å². The van der Waals surface area contributed by atoms with Gasteiger partial charge in [0.15, 0.2) is 17.5 Å². The summed E-state index contributed by atoms with van der Waals surface area (Å²) in [6.45, 7) is 10.8. The molecule has 158 valence electrons. The van der Waals surface area contributed by atoms with Crippen molar-refractivity contribution in [3.8, 4) is 0 Å². The van der Waals surface area contributed by atoms with E-state index in [1.54, 1.807) is 20.8 Å². The van der Waals surface area contributed by atoms with Gasteiger partial charge in [-0.1, -0.05) is 27.4 Å². The van der Waals surface area contributed by atoms with Crippen LogP contribution >= 0.6 is 0 Å². The quantitative estimate of drug-likeness (QED) is 0.520. The maximum Gasteiger partial charge on any atom is 0.334 e. The highest BCUT2D eigenvalue weighted by Gasteiger charge is 2.60. The molecule has 0 amide bonds. The van der Waals surface area contributed by atoms with Crippen molar-refractivity contribution in [2.24, 2.45) is 17.8 Å². The zero-order valence-corrected chi connectivity index (χ0v) is 17.4. The van der Waals surface area contributed by atoms with Crippen LogP contribution in [0.2, 0.25) is 0 Å². The number of aliphatic hydroxyl groups is 1. The molecule has 2 rings (SSSR count). The zero-order chi connectivity index (χ0) is 21.2. The van der Waals surface area contributed by atoms with Crippen LogP contribution in [0.25, 0.3) is 0 Å². The van der Waals surface area contributed by atoms with Crippen molar-refractivity contribution in [3.05, 3.63) is 12.2 Å². The van der Waals surface area contributed by atoms with E-state index in [1.807, 2.05) is 6.92 Å². The maximum atomic E-state index is 13.2. The van der Waals surface area contributed by atoms with Crippen molar-refractivity contribution in [1.82, 2.24) is 0 Å². The summed E-state index contributed by atoms with van der Waals surface area (Å²) in [7, 11) is 1.48. The summed E-state index contributed by atoms with van der Waals surface area (Å²) >= 11 is 0. The Morgan fingerprint density at radius 3 is 2.57 bits per heavy atom. The van der Waals surface area contributed by atoms with Crippen LogP contribution in [0.15, 0.2) is 12.2 Å². The molecule has 0 aromatic rings. The fraction of sp³-hybridized carbons (Fsp3) is 0.762. The Labute approximate surface area is 166 Å². The largest absolute Gasteiger partial charge is 0.455 e. The van der Waals surface area contributed by atoms with Crippen LogP contribution < -0.4 is 0 Å². The Morgan fingerprint density at radius 1 is 1.36 bits per heavy atom. The fourth-order valence-electron chi connectivity index (χ4n) is 3.93. The number of fused-ring (bicyclic) bond motifs is 1. The molecule has 0 aromatic heterocycles. The number of carbonyl (C=O) groups is 3. The summed E-state index contributed by atoms with van der Waals surface area (Å²) in [5, 5.41) is 11.6. The molecule has 7 heteroatoms. The van der Waals surface area contributed by atoms with E-state index < -0.39 is 59.4 Å². The molecule has 1 saturated heterocycles. The van der Waals surface area contributed by atoms with Crippen LogP contribution in [-0.4, -0.2) is 53.9 Å². The van der Waals surface area contributed by atoms with E-state index in [-0.39, 0.29) is 6.42 Å². The Balaban J connectivity index is 2.47. The fourth-order valence-corrected chi connectivity index (χ4v) is 3.93. The van der Waals surface area contributed by atoms with Gasteiger partial charge in [0.1, 0.15) is 6.10 Å². The van der Waals surface area contributed by atoms with Crippen molar-refractivity contribution in [1.29, 1.82) is 0 Å². The van der Waals surface area contributed by atoms with Gasteiger partial charge in [0.25, 0.3) is 0 Å². The molecule has 1 aliphatic heterocycles. The molecule has 7 atom stereocenters. The predicted molar refractivity (Wildman–Crippen MR) is 101 cm³/mol. The van der Waals surface area contributed by atoms with Crippen LogP contribution in [0.1, 0.15) is 53.4 Å². The number of hydrogen-bond donors (Lipinski definition) is 1. The number of methoxy groups -OCH3 is 1. The smallest absolute Gasteiger partial charge is 0.334 e.